The first-order valence-corrected chi connectivity index (χ1v) is 13.7. The zero-order valence-corrected chi connectivity index (χ0v) is 22.3. The second-order valence-corrected chi connectivity index (χ2v) is 10.4. The minimum atomic E-state index is -1.14. The number of carbonyl (C=O) groups is 1. The molecule has 2 amide bonds. The van der Waals surface area contributed by atoms with Crippen LogP contribution in [0.15, 0.2) is 78.9 Å². The Kier molecular flexibility index (Phi) is 8.14. The molecule has 8 heteroatoms. The summed E-state index contributed by atoms with van der Waals surface area (Å²) in [4.78, 5) is 17.9. The number of aromatic nitrogens is 2. The van der Waals surface area contributed by atoms with E-state index in [-0.39, 0.29) is 12.6 Å². The van der Waals surface area contributed by atoms with Crippen LogP contribution in [0.1, 0.15) is 36.5 Å². The Balaban J connectivity index is 1.55. The quantitative estimate of drug-likeness (QED) is 0.261. The van der Waals surface area contributed by atoms with Crippen LogP contribution in [0, 0.1) is 0 Å². The van der Waals surface area contributed by atoms with Crippen molar-refractivity contribution < 1.29 is 15.0 Å². The van der Waals surface area contributed by atoms with Crippen molar-refractivity contribution in [3.8, 4) is 0 Å². The van der Waals surface area contributed by atoms with E-state index in [1.165, 1.54) is 0 Å². The third-order valence-corrected chi connectivity index (χ3v) is 7.77. The van der Waals surface area contributed by atoms with E-state index in [2.05, 4.69) is 17.1 Å². The molecule has 2 heterocycles. The molecule has 1 aliphatic rings. The largest absolute Gasteiger partial charge is 0.388 e. The summed E-state index contributed by atoms with van der Waals surface area (Å²) in [6, 6.07) is 24.1. The fraction of sp³-hybridized carbons (Fsp3) is 0.355. The van der Waals surface area contributed by atoms with Gasteiger partial charge in [0.1, 0.15) is 12.2 Å². The lowest BCUT2D eigenvalue weighted by Crippen LogP contribution is -2.51. The molecule has 0 spiro atoms. The molecular formula is C31H37N5O3. The van der Waals surface area contributed by atoms with Gasteiger partial charge in [0.05, 0.1) is 17.6 Å². The zero-order valence-electron chi connectivity index (χ0n) is 22.3. The Hall–Kier alpha value is -3.88. The van der Waals surface area contributed by atoms with Crippen LogP contribution in [0.4, 0.5) is 10.6 Å². The molecular weight excluding hydrogens is 490 g/mol. The summed E-state index contributed by atoms with van der Waals surface area (Å²) >= 11 is 0. The molecule has 4 atom stereocenters. The highest BCUT2D eigenvalue weighted by Gasteiger charge is 2.46. The van der Waals surface area contributed by atoms with Gasteiger partial charge in [-0.3, -0.25) is 5.10 Å². The van der Waals surface area contributed by atoms with Crippen molar-refractivity contribution in [2.45, 2.75) is 63.4 Å². The Labute approximate surface area is 229 Å². The van der Waals surface area contributed by atoms with Crippen LogP contribution in [-0.2, 0) is 19.4 Å². The van der Waals surface area contributed by atoms with E-state index in [4.69, 9.17) is 5.73 Å². The molecule has 4 unspecified atom stereocenters. The van der Waals surface area contributed by atoms with E-state index in [9.17, 15) is 15.0 Å². The molecule has 0 radical (unpaired) electrons. The van der Waals surface area contributed by atoms with Crippen LogP contribution in [0.25, 0.3) is 10.9 Å². The fourth-order valence-corrected chi connectivity index (χ4v) is 5.60. The molecule has 0 bridgehead atoms. The van der Waals surface area contributed by atoms with Gasteiger partial charge >= 0.3 is 6.03 Å². The number of aliphatic hydroxyl groups is 2. The number of unbranched alkanes of at least 4 members (excludes halogenated alkanes) is 1. The number of aliphatic hydroxyl groups excluding tert-OH is 2. The highest BCUT2D eigenvalue weighted by atomic mass is 16.3. The van der Waals surface area contributed by atoms with Gasteiger partial charge in [0.25, 0.3) is 0 Å². The lowest BCUT2D eigenvalue weighted by Gasteiger charge is -2.35. The molecule has 1 aliphatic heterocycles. The lowest BCUT2D eigenvalue weighted by atomic mass is 9.91. The number of nitrogens with one attached hydrogen (secondary N) is 1. The summed E-state index contributed by atoms with van der Waals surface area (Å²) in [6.45, 7) is 2.85. The first-order chi connectivity index (χ1) is 19.0. The number of aromatic amines is 1. The Bertz CT molecular complexity index is 1380. The van der Waals surface area contributed by atoms with Gasteiger partial charge in [-0.25, -0.2) is 4.79 Å². The van der Waals surface area contributed by atoms with Crippen molar-refractivity contribution in [3.05, 3.63) is 95.6 Å². The number of benzene rings is 3. The van der Waals surface area contributed by atoms with E-state index < -0.39 is 24.3 Å². The number of carbonyl (C=O) groups excluding carboxylic acids is 1. The van der Waals surface area contributed by atoms with Gasteiger partial charge in [0.15, 0.2) is 5.82 Å². The molecule has 1 fully saturated rings. The SMILES string of the molecule is CCCCN1C(=O)N(Cc2ccc3[nH]nc(N)c3c2)C(Cc2ccccc2)C(O)C(O)C1Cc1ccccc1. The average molecular weight is 528 g/mol. The normalized spacial score (nSPS) is 21.9. The molecule has 3 aromatic carbocycles. The van der Waals surface area contributed by atoms with Crippen molar-refractivity contribution in [2.75, 3.05) is 12.3 Å². The summed E-state index contributed by atoms with van der Waals surface area (Å²) in [5.74, 6) is 0.401. The number of nitrogens with zero attached hydrogens (tertiary/aromatic N) is 3. The summed E-state index contributed by atoms with van der Waals surface area (Å²) < 4.78 is 0. The van der Waals surface area contributed by atoms with E-state index in [0.717, 1.165) is 40.4 Å². The number of amides is 2. The van der Waals surface area contributed by atoms with Gasteiger partial charge in [0.2, 0.25) is 0 Å². The van der Waals surface area contributed by atoms with E-state index in [1.54, 1.807) is 9.80 Å². The first-order valence-electron chi connectivity index (χ1n) is 13.7. The van der Waals surface area contributed by atoms with E-state index in [0.29, 0.717) is 25.2 Å². The third kappa shape index (κ3) is 5.77. The van der Waals surface area contributed by atoms with Crippen LogP contribution in [-0.4, -0.2) is 67.1 Å². The summed E-state index contributed by atoms with van der Waals surface area (Å²) in [7, 11) is 0. The zero-order chi connectivity index (χ0) is 27.4. The number of rotatable bonds is 9. The fourth-order valence-electron chi connectivity index (χ4n) is 5.60. The number of hydrogen-bond acceptors (Lipinski definition) is 5. The molecule has 5 rings (SSSR count). The topological polar surface area (TPSA) is 119 Å². The maximum Gasteiger partial charge on any atom is 0.321 e. The number of hydrogen-bond donors (Lipinski definition) is 4. The number of nitrogens with two attached hydrogens (primary N) is 1. The monoisotopic (exact) mass is 527 g/mol. The second-order valence-electron chi connectivity index (χ2n) is 10.4. The Morgan fingerprint density at radius 3 is 2.03 bits per heavy atom. The van der Waals surface area contributed by atoms with Crippen LogP contribution in [0.3, 0.4) is 0 Å². The maximum absolute atomic E-state index is 14.4. The van der Waals surface area contributed by atoms with Crippen molar-refractivity contribution in [3.63, 3.8) is 0 Å². The van der Waals surface area contributed by atoms with Crippen LogP contribution in [0.5, 0.6) is 0 Å². The van der Waals surface area contributed by atoms with Gasteiger partial charge in [-0.1, -0.05) is 80.1 Å². The number of nitrogen functional groups attached to an aromatic ring is 1. The average Bonchev–Trinajstić information content (AvgIpc) is 3.31. The van der Waals surface area contributed by atoms with E-state index in [1.807, 2.05) is 78.9 Å². The maximum atomic E-state index is 14.4. The Morgan fingerprint density at radius 2 is 1.44 bits per heavy atom. The van der Waals surface area contributed by atoms with Crippen molar-refractivity contribution in [2.24, 2.45) is 0 Å². The molecule has 39 heavy (non-hydrogen) atoms. The predicted molar refractivity (Wildman–Crippen MR) is 153 cm³/mol. The third-order valence-electron chi connectivity index (χ3n) is 7.77. The lowest BCUT2D eigenvalue weighted by molar-refractivity contribution is -0.0402. The number of H-pyrrole nitrogens is 1. The summed E-state index contributed by atoms with van der Waals surface area (Å²) in [6.07, 6.45) is 0.325. The summed E-state index contributed by atoms with van der Waals surface area (Å²) in [5, 5.41) is 31.2. The highest BCUT2D eigenvalue weighted by molar-refractivity contribution is 5.89. The molecule has 1 saturated heterocycles. The van der Waals surface area contributed by atoms with Crippen LogP contribution in [0.2, 0.25) is 0 Å². The number of urea groups is 1. The summed E-state index contributed by atoms with van der Waals surface area (Å²) in [5.41, 5.74) is 9.76. The molecule has 1 aromatic heterocycles. The molecule has 5 N–H and O–H groups in total. The molecule has 8 nitrogen and oxygen atoms in total. The Morgan fingerprint density at radius 1 is 0.846 bits per heavy atom. The molecule has 0 aliphatic carbocycles. The van der Waals surface area contributed by atoms with Gasteiger partial charge in [-0.15, -0.1) is 0 Å². The molecule has 4 aromatic rings. The van der Waals surface area contributed by atoms with Gasteiger partial charge in [-0.2, -0.15) is 5.10 Å². The number of anilines is 1. The standard InChI is InChI=1S/C31H37N5O3/c1-2-3-16-35-26(18-21-10-6-4-7-11-21)28(37)29(38)27(19-22-12-8-5-9-13-22)36(31(35)39)20-23-14-15-25-24(17-23)30(32)34-33-25/h4-15,17,26-29,37-38H,2-3,16,18-20H2,1H3,(H3,32,33,34). The first kappa shape index (κ1) is 26.7. The van der Waals surface area contributed by atoms with E-state index >= 15 is 0 Å². The predicted octanol–water partition coefficient (Wildman–Crippen LogP) is 4.13. The highest BCUT2D eigenvalue weighted by Crippen LogP contribution is 2.30. The molecule has 204 valence electrons. The van der Waals surface area contributed by atoms with Gasteiger partial charge in [-0.05, 0) is 48.1 Å². The minimum Gasteiger partial charge on any atom is -0.388 e. The molecule has 0 saturated carbocycles. The number of fused-ring (bicyclic) bond motifs is 1. The second kappa shape index (κ2) is 11.9. The van der Waals surface area contributed by atoms with Gasteiger partial charge < -0.3 is 25.7 Å². The smallest absolute Gasteiger partial charge is 0.321 e. The van der Waals surface area contributed by atoms with Gasteiger partial charge in [0, 0.05) is 18.5 Å². The van der Waals surface area contributed by atoms with Crippen molar-refractivity contribution in [1.82, 2.24) is 20.0 Å². The van der Waals surface area contributed by atoms with Crippen LogP contribution < -0.4 is 5.73 Å². The van der Waals surface area contributed by atoms with Crippen molar-refractivity contribution in [1.29, 1.82) is 0 Å². The van der Waals surface area contributed by atoms with Crippen molar-refractivity contribution >= 4 is 22.8 Å². The minimum absolute atomic E-state index is 0.179. The van der Waals surface area contributed by atoms with Crippen LogP contribution >= 0.6 is 0 Å².